The molecule has 3 nitrogen and oxygen atoms in total. The van der Waals surface area contributed by atoms with Crippen LogP contribution in [0, 0.1) is 0 Å². The zero-order valence-corrected chi connectivity index (χ0v) is 11.8. The predicted octanol–water partition coefficient (Wildman–Crippen LogP) is 3.31. The molecule has 0 aliphatic rings. The van der Waals surface area contributed by atoms with Crippen molar-refractivity contribution < 1.29 is 9.53 Å². The van der Waals surface area contributed by atoms with Gasteiger partial charge in [-0.15, -0.1) is 11.3 Å². The number of rotatable bonds is 5. The van der Waals surface area contributed by atoms with Crippen LogP contribution >= 0.6 is 11.3 Å². The van der Waals surface area contributed by atoms with Crippen LogP contribution in [-0.4, -0.2) is 13.1 Å². The molecular weight excluding hydrogens is 258 g/mol. The van der Waals surface area contributed by atoms with E-state index in [0.29, 0.717) is 0 Å². The molecule has 0 aliphatic carbocycles. The van der Waals surface area contributed by atoms with Gasteiger partial charge in [0.15, 0.2) is 0 Å². The fraction of sp³-hybridized carbons (Fsp3) is 0.267. The lowest BCUT2D eigenvalue weighted by molar-refractivity contribution is -0.143. The smallest absolute Gasteiger partial charge is 0.327 e. The highest BCUT2D eigenvalue weighted by Crippen LogP contribution is 2.23. The number of thiophene rings is 1. The second-order valence-corrected chi connectivity index (χ2v) is 5.25. The molecule has 0 unspecified atom stereocenters. The van der Waals surface area contributed by atoms with Crippen LogP contribution in [0.15, 0.2) is 47.8 Å². The van der Waals surface area contributed by atoms with E-state index in [-0.39, 0.29) is 12.0 Å². The number of nitrogens with one attached hydrogen (secondary N) is 1. The summed E-state index contributed by atoms with van der Waals surface area (Å²) in [5.41, 5.74) is 0.915. The number of carbonyl (C=O) groups is 1. The first kappa shape index (κ1) is 13.8. The minimum atomic E-state index is -0.441. The maximum Gasteiger partial charge on any atom is 0.327 e. The van der Waals surface area contributed by atoms with E-state index in [1.54, 1.807) is 11.3 Å². The molecule has 0 fully saturated rings. The maximum absolute atomic E-state index is 11.9. The van der Waals surface area contributed by atoms with Crippen molar-refractivity contribution in [1.29, 1.82) is 0 Å². The normalized spacial score (nSPS) is 13.8. The second-order valence-electron chi connectivity index (χ2n) is 4.27. The van der Waals surface area contributed by atoms with Gasteiger partial charge in [0.2, 0.25) is 0 Å². The van der Waals surface area contributed by atoms with E-state index in [2.05, 4.69) is 11.4 Å². The lowest BCUT2D eigenvalue weighted by Gasteiger charge is -2.21. The SMILES string of the molecule is COC(=O)[C@H](N[C@@H](C)c1cccs1)c1ccccc1. The number of ether oxygens (including phenoxy) is 1. The molecule has 2 atom stereocenters. The highest BCUT2D eigenvalue weighted by atomic mass is 32.1. The van der Waals surface area contributed by atoms with Gasteiger partial charge in [0.25, 0.3) is 0 Å². The Morgan fingerprint density at radius 1 is 1.21 bits per heavy atom. The zero-order valence-electron chi connectivity index (χ0n) is 11.0. The summed E-state index contributed by atoms with van der Waals surface area (Å²) in [5, 5.41) is 5.35. The Bertz CT molecular complexity index is 510. The molecule has 0 radical (unpaired) electrons. The summed E-state index contributed by atoms with van der Waals surface area (Å²) in [4.78, 5) is 13.1. The van der Waals surface area contributed by atoms with Crippen LogP contribution in [0.4, 0.5) is 0 Å². The van der Waals surface area contributed by atoms with Gasteiger partial charge in [-0.1, -0.05) is 36.4 Å². The van der Waals surface area contributed by atoms with Crippen molar-refractivity contribution in [1.82, 2.24) is 5.32 Å². The first-order chi connectivity index (χ1) is 9.22. The number of hydrogen-bond donors (Lipinski definition) is 1. The Kier molecular flexibility index (Phi) is 4.71. The van der Waals surface area contributed by atoms with E-state index in [9.17, 15) is 4.79 Å². The average Bonchev–Trinajstić information content (AvgIpc) is 2.99. The Balaban J connectivity index is 2.17. The Hall–Kier alpha value is -1.65. The molecule has 0 spiro atoms. The van der Waals surface area contributed by atoms with Crippen molar-refractivity contribution in [2.75, 3.05) is 7.11 Å². The predicted molar refractivity (Wildman–Crippen MR) is 77.1 cm³/mol. The van der Waals surface area contributed by atoms with E-state index in [0.717, 1.165) is 5.56 Å². The van der Waals surface area contributed by atoms with Crippen molar-refractivity contribution in [2.24, 2.45) is 0 Å². The zero-order chi connectivity index (χ0) is 13.7. The van der Waals surface area contributed by atoms with Crippen LogP contribution in [0.1, 0.15) is 29.4 Å². The number of benzene rings is 1. The molecule has 2 rings (SSSR count). The third kappa shape index (κ3) is 3.43. The molecule has 2 aromatic rings. The molecule has 1 aromatic carbocycles. The van der Waals surface area contributed by atoms with Crippen molar-refractivity contribution in [3.05, 3.63) is 58.3 Å². The van der Waals surface area contributed by atoms with Gasteiger partial charge in [-0.25, -0.2) is 4.79 Å². The summed E-state index contributed by atoms with van der Waals surface area (Å²) in [6.45, 7) is 2.05. The molecule has 0 bridgehead atoms. The van der Waals surface area contributed by atoms with Gasteiger partial charge in [0.05, 0.1) is 7.11 Å². The Morgan fingerprint density at radius 3 is 2.53 bits per heavy atom. The van der Waals surface area contributed by atoms with Gasteiger partial charge in [0, 0.05) is 10.9 Å². The van der Waals surface area contributed by atoms with Crippen LogP contribution in [0.2, 0.25) is 0 Å². The van der Waals surface area contributed by atoms with Crippen LogP contribution in [0.25, 0.3) is 0 Å². The molecule has 100 valence electrons. The van der Waals surface area contributed by atoms with Crippen LogP contribution in [0.3, 0.4) is 0 Å². The molecule has 0 aliphatic heterocycles. The fourth-order valence-corrected chi connectivity index (χ4v) is 2.68. The van der Waals surface area contributed by atoms with Gasteiger partial charge in [-0.2, -0.15) is 0 Å². The first-order valence-corrected chi connectivity index (χ1v) is 7.02. The van der Waals surface area contributed by atoms with Gasteiger partial charge in [-0.3, -0.25) is 5.32 Å². The summed E-state index contributed by atoms with van der Waals surface area (Å²) >= 11 is 1.67. The van der Waals surface area contributed by atoms with E-state index in [1.807, 2.05) is 48.7 Å². The van der Waals surface area contributed by atoms with E-state index in [1.165, 1.54) is 12.0 Å². The lowest BCUT2D eigenvalue weighted by atomic mass is 10.1. The molecule has 1 heterocycles. The lowest BCUT2D eigenvalue weighted by Crippen LogP contribution is -2.31. The summed E-state index contributed by atoms with van der Waals surface area (Å²) < 4.78 is 4.89. The fourth-order valence-electron chi connectivity index (χ4n) is 1.93. The van der Waals surface area contributed by atoms with Gasteiger partial charge in [0.1, 0.15) is 6.04 Å². The highest BCUT2D eigenvalue weighted by molar-refractivity contribution is 7.10. The third-order valence-electron chi connectivity index (χ3n) is 2.96. The number of carbonyl (C=O) groups excluding carboxylic acids is 1. The van der Waals surface area contributed by atoms with E-state index >= 15 is 0 Å². The molecule has 1 aromatic heterocycles. The maximum atomic E-state index is 11.9. The molecule has 0 amide bonds. The van der Waals surface area contributed by atoms with E-state index in [4.69, 9.17) is 4.74 Å². The summed E-state index contributed by atoms with van der Waals surface area (Å²) in [7, 11) is 1.41. The van der Waals surface area contributed by atoms with E-state index < -0.39 is 6.04 Å². The molecule has 1 N–H and O–H groups in total. The van der Waals surface area contributed by atoms with Gasteiger partial charge < -0.3 is 4.74 Å². The molecule has 0 saturated heterocycles. The molecule has 0 saturated carbocycles. The summed E-state index contributed by atoms with van der Waals surface area (Å²) in [5.74, 6) is -0.269. The summed E-state index contributed by atoms with van der Waals surface area (Å²) in [6.07, 6.45) is 0. The quantitative estimate of drug-likeness (QED) is 0.851. The van der Waals surface area contributed by atoms with Crippen LogP contribution in [0.5, 0.6) is 0 Å². The van der Waals surface area contributed by atoms with Crippen LogP contribution in [-0.2, 0) is 9.53 Å². The first-order valence-electron chi connectivity index (χ1n) is 6.14. The summed E-state index contributed by atoms with van der Waals surface area (Å²) in [6, 6.07) is 13.3. The minimum Gasteiger partial charge on any atom is -0.468 e. The Labute approximate surface area is 117 Å². The second kappa shape index (κ2) is 6.50. The third-order valence-corrected chi connectivity index (χ3v) is 4.01. The van der Waals surface area contributed by atoms with Gasteiger partial charge >= 0.3 is 5.97 Å². The number of hydrogen-bond acceptors (Lipinski definition) is 4. The molecular formula is C15H17NO2S. The number of methoxy groups -OCH3 is 1. The Morgan fingerprint density at radius 2 is 1.95 bits per heavy atom. The van der Waals surface area contributed by atoms with Crippen molar-refractivity contribution in [2.45, 2.75) is 19.0 Å². The van der Waals surface area contributed by atoms with Gasteiger partial charge in [-0.05, 0) is 23.9 Å². The molecule has 4 heteroatoms. The number of esters is 1. The monoisotopic (exact) mass is 275 g/mol. The van der Waals surface area contributed by atoms with Crippen LogP contribution < -0.4 is 5.32 Å². The van der Waals surface area contributed by atoms with Crippen molar-refractivity contribution >= 4 is 17.3 Å². The topological polar surface area (TPSA) is 38.3 Å². The minimum absolute atomic E-state index is 0.101. The standard InChI is InChI=1S/C15H17NO2S/c1-11(13-9-6-10-19-13)16-14(15(17)18-2)12-7-4-3-5-8-12/h3-11,14,16H,1-2H3/t11-,14+/m0/s1. The van der Waals surface area contributed by atoms with Crippen molar-refractivity contribution in [3.63, 3.8) is 0 Å². The van der Waals surface area contributed by atoms with Crippen molar-refractivity contribution in [3.8, 4) is 0 Å². The average molecular weight is 275 g/mol. The largest absolute Gasteiger partial charge is 0.468 e. The molecule has 19 heavy (non-hydrogen) atoms. The highest BCUT2D eigenvalue weighted by Gasteiger charge is 2.23.